The number of aliphatic hydroxyl groups excluding tert-OH is 1. The van der Waals surface area contributed by atoms with Crippen molar-refractivity contribution in [3.8, 4) is 0 Å². The predicted molar refractivity (Wildman–Crippen MR) is 78.5 cm³/mol. The third-order valence-corrected chi connectivity index (χ3v) is 4.45. The first kappa shape index (κ1) is 15.0. The van der Waals surface area contributed by atoms with Crippen LogP contribution in [0.5, 0.6) is 0 Å². The van der Waals surface area contributed by atoms with Crippen molar-refractivity contribution in [2.45, 2.75) is 51.6 Å². The van der Waals surface area contributed by atoms with E-state index in [1.54, 1.807) is 0 Å². The molecular formula is C17H24O3. The van der Waals surface area contributed by atoms with Gasteiger partial charge in [-0.25, -0.2) is 0 Å². The smallest absolute Gasteiger partial charge is 0.293 e. The Hall–Kier alpha value is -1.35. The highest BCUT2D eigenvalue weighted by atomic mass is 16.5. The highest BCUT2D eigenvalue weighted by Crippen LogP contribution is 2.36. The Morgan fingerprint density at radius 1 is 1.25 bits per heavy atom. The molecule has 110 valence electrons. The Labute approximate surface area is 121 Å². The average molecular weight is 276 g/mol. The molecule has 1 aliphatic rings. The first-order chi connectivity index (χ1) is 9.74. The number of benzene rings is 1. The molecular weight excluding hydrogens is 252 g/mol. The molecule has 2 rings (SSSR count). The first-order valence-corrected chi connectivity index (χ1v) is 7.52. The Morgan fingerprint density at radius 3 is 2.65 bits per heavy atom. The molecule has 0 spiro atoms. The average Bonchev–Trinajstić information content (AvgIpc) is 2.48. The Balaban J connectivity index is 2.09. The maximum atomic E-state index is 10.2. The minimum atomic E-state index is 0.0401. The van der Waals surface area contributed by atoms with Gasteiger partial charge in [0.1, 0.15) is 0 Å². The summed E-state index contributed by atoms with van der Waals surface area (Å²) in [5.41, 5.74) is 3.41. The van der Waals surface area contributed by atoms with E-state index in [-0.39, 0.29) is 6.61 Å². The molecule has 1 saturated carbocycles. The molecule has 0 unspecified atom stereocenters. The highest BCUT2D eigenvalue weighted by Gasteiger charge is 2.20. The van der Waals surface area contributed by atoms with E-state index >= 15 is 0 Å². The Morgan fingerprint density at radius 2 is 2.00 bits per heavy atom. The molecule has 1 N–H and O–H groups in total. The van der Waals surface area contributed by atoms with Gasteiger partial charge < -0.3 is 9.84 Å². The summed E-state index contributed by atoms with van der Waals surface area (Å²) in [5, 5.41) is 9.40. The number of aliphatic hydroxyl groups is 1. The summed E-state index contributed by atoms with van der Waals surface area (Å²) in [4.78, 5) is 10.2. The lowest BCUT2D eigenvalue weighted by Gasteiger charge is -2.27. The summed E-state index contributed by atoms with van der Waals surface area (Å²) >= 11 is 0. The largest absolute Gasteiger partial charge is 0.468 e. The van der Waals surface area contributed by atoms with Crippen molar-refractivity contribution in [3.05, 3.63) is 34.9 Å². The fourth-order valence-corrected chi connectivity index (χ4v) is 3.10. The molecule has 0 aromatic heterocycles. The molecule has 0 saturated heterocycles. The lowest BCUT2D eigenvalue weighted by Crippen LogP contribution is -2.11. The van der Waals surface area contributed by atoms with E-state index in [0.29, 0.717) is 25.4 Å². The van der Waals surface area contributed by atoms with Gasteiger partial charge in [-0.1, -0.05) is 38.0 Å². The van der Waals surface area contributed by atoms with Gasteiger partial charge in [0.15, 0.2) is 0 Å². The number of hydrogen-bond acceptors (Lipinski definition) is 3. The van der Waals surface area contributed by atoms with Gasteiger partial charge >= 0.3 is 0 Å². The summed E-state index contributed by atoms with van der Waals surface area (Å²) in [6, 6.07) is 6.36. The van der Waals surface area contributed by atoms with Crippen LogP contribution in [0.15, 0.2) is 18.2 Å². The van der Waals surface area contributed by atoms with Gasteiger partial charge in [0.05, 0.1) is 13.2 Å². The van der Waals surface area contributed by atoms with Crippen LogP contribution in [0, 0.1) is 5.92 Å². The lowest BCUT2D eigenvalue weighted by atomic mass is 9.79. The molecule has 1 fully saturated rings. The molecule has 1 aromatic rings. The van der Waals surface area contributed by atoms with Crippen molar-refractivity contribution in [1.82, 2.24) is 0 Å². The first-order valence-electron chi connectivity index (χ1n) is 7.52. The van der Waals surface area contributed by atoms with Crippen molar-refractivity contribution in [2.24, 2.45) is 5.92 Å². The minimum Gasteiger partial charge on any atom is -0.468 e. The normalized spacial score (nSPS) is 22.5. The van der Waals surface area contributed by atoms with E-state index in [0.717, 1.165) is 17.0 Å². The summed E-state index contributed by atoms with van der Waals surface area (Å²) in [6.45, 7) is 3.22. The molecule has 0 amide bonds. The SMILES string of the molecule is CC1CCC(c2ccc(CO)c(CCOC=O)c2)CC1. The molecule has 20 heavy (non-hydrogen) atoms. The number of ether oxygens (including phenoxy) is 1. The number of carbonyl (C=O) groups excluding carboxylic acids is 1. The Bertz CT molecular complexity index is 434. The monoisotopic (exact) mass is 276 g/mol. The van der Waals surface area contributed by atoms with Crippen LogP contribution in [0.2, 0.25) is 0 Å². The zero-order valence-corrected chi connectivity index (χ0v) is 12.2. The van der Waals surface area contributed by atoms with Gasteiger partial charge in [-0.2, -0.15) is 0 Å². The summed E-state index contributed by atoms with van der Waals surface area (Å²) in [6.07, 6.45) is 5.78. The van der Waals surface area contributed by atoms with E-state index in [4.69, 9.17) is 4.74 Å². The molecule has 0 radical (unpaired) electrons. The second-order valence-electron chi connectivity index (χ2n) is 5.86. The maximum Gasteiger partial charge on any atom is 0.293 e. The van der Waals surface area contributed by atoms with Gasteiger partial charge in [0.25, 0.3) is 6.47 Å². The molecule has 0 bridgehead atoms. The van der Waals surface area contributed by atoms with Crippen LogP contribution in [0.3, 0.4) is 0 Å². The van der Waals surface area contributed by atoms with Crippen molar-refractivity contribution >= 4 is 6.47 Å². The van der Waals surface area contributed by atoms with Crippen LogP contribution in [0.25, 0.3) is 0 Å². The molecule has 0 aliphatic heterocycles. The van der Waals surface area contributed by atoms with Crippen molar-refractivity contribution in [1.29, 1.82) is 0 Å². The van der Waals surface area contributed by atoms with E-state index in [9.17, 15) is 9.90 Å². The lowest BCUT2D eigenvalue weighted by molar-refractivity contribution is -0.128. The van der Waals surface area contributed by atoms with E-state index in [1.807, 2.05) is 6.07 Å². The Kier molecular flexibility index (Phi) is 5.60. The van der Waals surface area contributed by atoms with Gasteiger partial charge in [-0.05, 0) is 41.4 Å². The van der Waals surface area contributed by atoms with E-state index in [2.05, 4.69) is 19.1 Å². The number of rotatable bonds is 6. The van der Waals surface area contributed by atoms with Crippen LogP contribution in [0.4, 0.5) is 0 Å². The maximum absolute atomic E-state index is 10.2. The second-order valence-corrected chi connectivity index (χ2v) is 5.86. The van der Waals surface area contributed by atoms with E-state index < -0.39 is 0 Å². The predicted octanol–water partition coefficient (Wildman–Crippen LogP) is 3.19. The van der Waals surface area contributed by atoms with Gasteiger partial charge in [-0.15, -0.1) is 0 Å². The summed E-state index contributed by atoms with van der Waals surface area (Å²) in [5.74, 6) is 1.49. The van der Waals surface area contributed by atoms with Crippen molar-refractivity contribution in [3.63, 3.8) is 0 Å². The second kappa shape index (κ2) is 7.44. The molecule has 0 atom stereocenters. The standard InChI is InChI=1S/C17H24O3/c1-13-2-4-14(5-3-13)15-6-7-17(11-18)16(10-15)8-9-20-12-19/h6-7,10,12-14,18H,2-5,8-9,11H2,1H3. The molecule has 3 heteroatoms. The summed E-state index contributed by atoms with van der Waals surface area (Å²) in [7, 11) is 0. The van der Waals surface area contributed by atoms with Crippen LogP contribution < -0.4 is 0 Å². The third-order valence-electron chi connectivity index (χ3n) is 4.45. The van der Waals surface area contributed by atoms with Crippen LogP contribution in [-0.4, -0.2) is 18.2 Å². The number of hydrogen-bond donors (Lipinski definition) is 1. The fraction of sp³-hybridized carbons (Fsp3) is 0.588. The van der Waals surface area contributed by atoms with Crippen LogP contribution in [0.1, 0.15) is 55.2 Å². The zero-order valence-electron chi connectivity index (χ0n) is 12.2. The third kappa shape index (κ3) is 3.83. The quantitative estimate of drug-likeness (QED) is 0.641. The fourth-order valence-electron chi connectivity index (χ4n) is 3.10. The van der Waals surface area contributed by atoms with Crippen LogP contribution >= 0.6 is 0 Å². The highest BCUT2D eigenvalue weighted by molar-refractivity contribution is 5.37. The van der Waals surface area contributed by atoms with E-state index in [1.165, 1.54) is 31.2 Å². The summed E-state index contributed by atoms with van der Waals surface area (Å²) < 4.78 is 4.77. The van der Waals surface area contributed by atoms with Gasteiger partial charge in [0, 0.05) is 6.42 Å². The molecule has 1 aliphatic carbocycles. The number of carbonyl (C=O) groups is 1. The van der Waals surface area contributed by atoms with Crippen molar-refractivity contribution < 1.29 is 14.6 Å². The van der Waals surface area contributed by atoms with Gasteiger partial charge in [0.2, 0.25) is 0 Å². The molecule has 3 nitrogen and oxygen atoms in total. The van der Waals surface area contributed by atoms with Gasteiger partial charge in [-0.3, -0.25) is 4.79 Å². The topological polar surface area (TPSA) is 46.5 Å². The van der Waals surface area contributed by atoms with Crippen LogP contribution in [-0.2, 0) is 22.6 Å². The molecule has 1 aromatic carbocycles. The van der Waals surface area contributed by atoms with Crippen molar-refractivity contribution in [2.75, 3.05) is 6.61 Å². The molecule has 0 heterocycles. The minimum absolute atomic E-state index is 0.0401. The zero-order chi connectivity index (χ0) is 14.4.